The average Bonchev–Trinajstić information content (AvgIpc) is 3.56. The van der Waals surface area contributed by atoms with Crippen LogP contribution in [0.25, 0.3) is 11.1 Å². The molecule has 4 aromatic carbocycles. The lowest BCUT2D eigenvalue weighted by Crippen LogP contribution is -2.50. The summed E-state index contributed by atoms with van der Waals surface area (Å²) in [5, 5.41) is 0. The minimum absolute atomic E-state index is 0.0404. The Bertz CT molecular complexity index is 2430. The molecule has 0 N–H and O–H groups in total. The van der Waals surface area contributed by atoms with E-state index in [1.165, 1.54) is 0 Å². The summed E-state index contributed by atoms with van der Waals surface area (Å²) in [4.78, 5) is 67.9. The second-order valence-corrected chi connectivity index (χ2v) is 19.1. The molecule has 1 aliphatic rings. The lowest BCUT2D eigenvalue weighted by atomic mass is 9.68. The number of hydrogen-bond acceptors (Lipinski definition) is 8. The number of Topliss-reactive ketones (excluding diaryl/α,β-unsaturated/α-hetero) is 3. The van der Waals surface area contributed by atoms with Crippen molar-refractivity contribution in [2.45, 2.75) is 118 Å². The molecule has 1 aliphatic carbocycles. The van der Waals surface area contributed by atoms with Gasteiger partial charge in [0, 0.05) is 45.6 Å². The highest BCUT2D eigenvalue weighted by Gasteiger charge is 2.45. The van der Waals surface area contributed by atoms with Crippen LogP contribution in [0.5, 0.6) is 0 Å². The van der Waals surface area contributed by atoms with E-state index in [0.29, 0.717) is 40.7 Å². The highest BCUT2D eigenvalue weighted by atomic mass is 16.1. The molecule has 1 heterocycles. The SMILES string of the molecule is CCN(CC)C(C)(C)C(=O)c1ccc(CC2(Cc3ccc(C(=O)C(C)(C)N(CC)CC)cc3)c3cc(C(=O)c4cccnc4)ccc3-c3ccc(C(=O)C(C)(C)N(CC)CC)cc32)cc1. The Balaban J connectivity index is 1.56. The third-order valence-electron chi connectivity index (χ3n) is 14.6. The Kier molecular flexibility index (Phi) is 14.8. The Morgan fingerprint density at radius 2 is 0.815 bits per heavy atom. The molecule has 1 aromatic heterocycles. The number of ketones is 4. The molecule has 0 saturated carbocycles. The van der Waals surface area contributed by atoms with Crippen LogP contribution >= 0.6 is 0 Å². The van der Waals surface area contributed by atoms with E-state index in [0.717, 1.165) is 72.6 Å². The fraction of sp³-hybridized carbons (Fsp3) is 0.421. The molecule has 0 amide bonds. The molecule has 6 rings (SSSR count). The predicted molar refractivity (Wildman–Crippen MR) is 265 cm³/mol. The maximum atomic E-state index is 14.7. The normalized spacial score (nSPS) is 13.6. The van der Waals surface area contributed by atoms with Gasteiger partial charge in [-0.3, -0.25) is 38.9 Å². The molecule has 8 heteroatoms. The van der Waals surface area contributed by atoms with E-state index in [9.17, 15) is 19.2 Å². The first-order chi connectivity index (χ1) is 30.8. The number of pyridine rings is 1. The topological polar surface area (TPSA) is 90.9 Å². The Morgan fingerprint density at radius 1 is 0.462 bits per heavy atom. The first-order valence-corrected chi connectivity index (χ1v) is 23.7. The Labute approximate surface area is 388 Å². The zero-order valence-electron chi connectivity index (χ0n) is 41.0. The third kappa shape index (κ3) is 9.23. The first kappa shape index (κ1) is 49.0. The maximum absolute atomic E-state index is 14.7. The summed E-state index contributed by atoms with van der Waals surface area (Å²) in [6, 6.07) is 31.7. The van der Waals surface area contributed by atoms with Crippen molar-refractivity contribution in [3.63, 3.8) is 0 Å². The standard InChI is InChI=1S/C57H70N4O4/c1-13-59(14-2)54(7,8)51(63)41-25-21-39(22-26-41)36-57(37-40-23-27-42(28-24-40)52(64)55(9,10)60(15-3)16-4)48-34-43(50(62)45-20-19-33-58-38-45)29-31-46(48)47-32-30-44(35-49(47)57)53(65)56(11,12)61(17-5)18-6/h19-35,38H,13-18,36-37H2,1-12H3. The lowest BCUT2D eigenvalue weighted by molar-refractivity contribution is 0.0665. The number of fused-ring (bicyclic) bond motifs is 3. The van der Waals surface area contributed by atoms with Crippen molar-refractivity contribution in [2.75, 3.05) is 39.3 Å². The van der Waals surface area contributed by atoms with Crippen molar-refractivity contribution in [3.05, 3.63) is 160 Å². The van der Waals surface area contributed by atoms with E-state index in [1.807, 2.05) is 84.0 Å². The van der Waals surface area contributed by atoms with Gasteiger partial charge in [-0.05, 0) is 151 Å². The van der Waals surface area contributed by atoms with Gasteiger partial charge in [-0.1, -0.05) is 114 Å². The number of rotatable bonds is 21. The van der Waals surface area contributed by atoms with Gasteiger partial charge in [0.1, 0.15) is 0 Å². The highest BCUT2D eigenvalue weighted by molar-refractivity contribution is 6.10. The summed E-state index contributed by atoms with van der Waals surface area (Å²) in [5.74, 6) is 0.0457. The minimum atomic E-state index is -0.774. The van der Waals surface area contributed by atoms with E-state index in [1.54, 1.807) is 24.5 Å². The van der Waals surface area contributed by atoms with Gasteiger partial charge < -0.3 is 0 Å². The number of likely N-dealkylation sites (N-methyl/N-ethyl adjacent to an activating group) is 3. The van der Waals surface area contributed by atoms with E-state index in [4.69, 9.17) is 0 Å². The van der Waals surface area contributed by atoms with Gasteiger partial charge in [0.15, 0.2) is 23.1 Å². The van der Waals surface area contributed by atoms with Crippen LogP contribution in [0.4, 0.5) is 0 Å². The van der Waals surface area contributed by atoms with Crippen molar-refractivity contribution in [1.29, 1.82) is 0 Å². The van der Waals surface area contributed by atoms with Crippen molar-refractivity contribution >= 4 is 23.1 Å². The Hall–Kier alpha value is -5.41. The van der Waals surface area contributed by atoms with Gasteiger partial charge in [-0.2, -0.15) is 0 Å². The van der Waals surface area contributed by atoms with Gasteiger partial charge in [-0.15, -0.1) is 0 Å². The average molecular weight is 875 g/mol. The zero-order valence-corrected chi connectivity index (χ0v) is 41.0. The van der Waals surface area contributed by atoms with Gasteiger partial charge in [0.2, 0.25) is 0 Å². The number of carbonyl (C=O) groups excluding carboxylic acids is 4. The van der Waals surface area contributed by atoms with Crippen LogP contribution in [0.3, 0.4) is 0 Å². The van der Waals surface area contributed by atoms with Gasteiger partial charge >= 0.3 is 0 Å². The maximum Gasteiger partial charge on any atom is 0.194 e. The molecule has 0 unspecified atom stereocenters. The molecule has 0 bridgehead atoms. The number of nitrogens with zero attached hydrogens (tertiary/aromatic N) is 4. The summed E-state index contributed by atoms with van der Waals surface area (Å²) < 4.78 is 0. The summed E-state index contributed by atoms with van der Waals surface area (Å²) in [7, 11) is 0. The smallest absolute Gasteiger partial charge is 0.194 e. The summed E-state index contributed by atoms with van der Waals surface area (Å²) >= 11 is 0. The number of carbonyl (C=O) groups is 4. The molecule has 0 aliphatic heterocycles. The zero-order chi connectivity index (χ0) is 47.5. The number of aromatic nitrogens is 1. The van der Waals surface area contributed by atoms with Crippen molar-refractivity contribution in [3.8, 4) is 11.1 Å². The summed E-state index contributed by atoms with van der Waals surface area (Å²) in [6.45, 7) is 29.0. The predicted octanol–water partition coefficient (Wildman–Crippen LogP) is 11.0. The van der Waals surface area contributed by atoms with Crippen LogP contribution in [0, 0.1) is 0 Å². The van der Waals surface area contributed by atoms with E-state index < -0.39 is 22.0 Å². The number of hydrogen-bond donors (Lipinski definition) is 0. The molecule has 0 radical (unpaired) electrons. The molecule has 0 saturated heterocycles. The van der Waals surface area contributed by atoms with Gasteiger partial charge in [0.25, 0.3) is 0 Å². The van der Waals surface area contributed by atoms with Crippen LogP contribution in [-0.2, 0) is 18.3 Å². The van der Waals surface area contributed by atoms with Crippen LogP contribution in [0.2, 0.25) is 0 Å². The van der Waals surface area contributed by atoms with Crippen molar-refractivity contribution in [1.82, 2.24) is 19.7 Å². The fourth-order valence-electron chi connectivity index (χ4n) is 10.7. The molecule has 65 heavy (non-hydrogen) atoms. The summed E-state index contributed by atoms with van der Waals surface area (Å²) in [6.07, 6.45) is 4.28. The van der Waals surface area contributed by atoms with Crippen LogP contribution in [0.15, 0.2) is 109 Å². The largest absolute Gasteiger partial charge is 0.292 e. The molecule has 0 atom stereocenters. The van der Waals surface area contributed by atoms with Crippen molar-refractivity contribution in [2.24, 2.45) is 0 Å². The van der Waals surface area contributed by atoms with Gasteiger partial charge in [-0.25, -0.2) is 0 Å². The molecule has 8 nitrogen and oxygen atoms in total. The monoisotopic (exact) mass is 875 g/mol. The summed E-state index contributed by atoms with van der Waals surface area (Å²) in [5.41, 5.74) is 6.13. The van der Waals surface area contributed by atoms with Crippen molar-refractivity contribution < 1.29 is 19.2 Å². The second-order valence-electron chi connectivity index (χ2n) is 19.1. The van der Waals surface area contributed by atoms with E-state index in [-0.39, 0.29) is 23.1 Å². The second kappa shape index (κ2) is 19.6. The minimum Gasteiger partial charge on any atom is -0.292 e. The van der Waals surface area contributed by atoms with Gasteiger partial charge in [0.05, 0.1) is 16.6 Å². The van der Waals surface area contributed by atoms with Crippen LogP contribution in [-0.4, -0.2) is 98.7 Å². The van der Waals surface area contributed by atoms with Crippen LogP contribution in [0.1, 0.15) is 152 Å². The Morgan fingerprint density at radius 3 is 1.18 bits per heavy atom. The third-order valence-corrected chi connectivity index (χ3v) is 14.6. The van der Waals surface area contributed by atoms with E-state index >= 15 is 0 Å². The molecular formula is C57H70N4O4. The quantitative estimate of drug-likeness (QED) is 0.0674. The highest BCUT2D eigenvalue weighted by Crippen LogP contribution is 2.53. The number of benzene rings is 4. The molecule has 5 aromatic rings. The molecular weight excluding hydrogens is 805 g/mol. The first-order valence-electron chi connectivity index (χ1n) is 23.7. The molecule has 342 valence electrons. The molecule has 0 fully saturated rings. The lowest BCUT2D eigenvalue weighted by Gasteiger charge is -2.37. The van der Waals surface area contributed by atoms with Crippen LogP contribution < -0.4 is 0 Å². The van der Waals surface area contributed by atoms with E-state index in [2.05, 4.69) is 104 Å². The fourth-order valence-corrected chi connectivity index (χ4v) is 10.7. The molecule has 0 spiro atoms.